The van der Waals surface area contributed by atoms with Crippen molar-refractivity contribution in [1.82, 2.24) is 0 Å². The lowest BCUT2D eigenvalue weighted by molar-refractivity contribution is -0.201. The number of hydrogen-bond donors (Lipinski definition) is 2. The number of methoxy groups -OCH3 is 2. The molecule has 4 fully saturated rings. The molecule has 6 heteroatoms. The van der Waals surface area contributed by atoms with Crippen LogP contribution >= 0.6 is 0 Å². The Morgan fingerprint density at radius 3 is 2.52 bits per heavy atom. The molecule has 4 aliphatic carbocycles. The van der Waals surface area contributed by atoms with Crippen LogP contribution in [-0.4, -0.2) is 56.0 Å². The van der Waals surface area contributed by atoms with Gasteiger partial charge in [0.25, 0.3) is 0 Å². The second-order valence-electron chi connectivity index (χ2n) is 10.3. The van der Waals surface area contributed by atoms with Gasteiger partial charge < -0.3 is 24.4 Å². The van der Waals surface area contributed by atoms with E-state index in [9.17, 15) is 15.0 Å². The average molecular weight is 411 g/mol. The zero-order valence-electron chi connectivity index (χ0n) is 18.1. The minimum atomic E-state index is -0.710. The molecule has 0 aromatic carbocycles. The fraction of sp³-hybridized carbons (Fsp3) is 0.957. The molecule has 0 unspecified atom stereocenters. The molecule has 4 aliphatic rings. The number of carbonyl (C=O) groups is 1. The van der Waals surface area contributed by atoms with Crippen molar-refractivity contribution in [3.05, 3.63) is 0 Å². The second-order valence-corrected chi connectivity index (χ2v) is 10.3. The largest absolute Gasteiger partial charge is 0.481 e. The maximum Gasteiger partial charge on any atom is 0.310 e. The molecule has 4 saturated carbocycles. The third-order valence-electron chi connectivity index (χ3n) is 9.64. The summed E-state index contributed by atoms with van der Waals surface area (Å²) in [6, 6.07) is 0. The van der Waals surface area contributed by atoms with Gasteiger partial charge in [-0.1, -0.05) is 6.92 Å². The standard InChI is InChI=1S/C23H38O6/c1-22-11-20(28-3)19(29-13-27-2)10-14(22)4-6-16-17(22)8-9-23(21(25)26)15(12-24)5-7-18(16)23/h14-20,24H,4-13H2,1-3H3,(H,25,26)/t14-,15+,16+,17-,18-,19-,20-,22-,23-/m0/s1. The van der Waals surface area contributed by atoms with Crippen molar-refractivity contribution >= 4 is 5.97 Å². The van der Waals surface area contributed by atoms with Crippen LogP contribution in [0.5, 0.6) is 0 Å². The fourth-order valence-electron chi connectivity index (χ4n) is 8.28. The number of aliphatic hydroxyl groups excluding tert-OH is 1. The SMILES string of the molecule is COCO[C@H]1C[C@@H]2CC[C@@H]3[C@H](CC[C@]4(C(=O)O)[C@@H](CO)CC[C@@H]34)[C@@]2(C)C[C@@H]1OC. The molecule has 0 saturated heterocycles. The predicted octanol–water partition coefficient (Wildman–Crippen LogP) is 3.32. The van der Waals surface area contributed by atoms with Crippen LogP contribution in [0.1, 0.15) is 58.3 Å². The van der Waals surface area contributed by atoms with E-state index in [4.69, 9.17) is 14.2 Å². The smallest absolute Gasteiger partial charge is 0.310 e. The van der Waals surface area contributed by atoms with Gasteiger partial charge in [-0.05, 0) is 86.4 Å². The Bertz CT molecular complexity index is 610. The minimum Gasteiger partial charge on any atom is -0.481 e. The molecule has 0 aromatic rings. The summed E-state index contributed by atoms with van der Waals surface area (Å²) in [6.07, 6.45) is 7.81. The van der Waals surface area contributed by atoms with Gasteiger partial charge in [-0.2, -0.15) is 0 Å². The molecule has 0 radical (unpaired) electrons. The molecule has 166 valence electrons. The quantitative estimate of drug-likeness (QED) is 0.654. The van der Waals surface area contributed by atoms with E-state index in [1.165, 1.54) is 0 Å². The molecule has 0 amide bonds. The van der Waals surface area contributed by atoms with Crippen molar-refractivity contribution < 1.29 is 29.2 Å². The number of carboxylic acids is 1. The van der Waals surface area contributed by atoms with Gasteiger partial charge in [0, 0.05) is 20.8 Å². The van der Waals surface area contributed by atoms with E-state index in [1.807, 2.05) is 0 Å². The Balaban J connectivity index is 1.59. The summed E-state index contributed by atoms with van der Waals surface area (Å²) in [5.41, 5.74) is -0.545. The van der Waals surface area contributed by atoms with Crippen LogP contribution in [0.2, 0.25) is 0 Å². The van der Waals surface area contributed by atoms with E-state index >= 15 is 0 Å². The lowest BCUT2D eigenvalue weighted by Gasteiger charge is -2.61. The predicted molar refractivity (Wildman–Crippen MR) is 107 cm³/mol. The molecule has 0 aliphatic heterocycles. The monoisotopic (exact) mass is 410 g/mol. The van der Waals surface area contributed by atoms with Crippen LogP contribution in [-0.2, 0) is 19.0 Å². The molecular weight excluding hydrogens is 372 g/mol. The Labute approximate surface area is 174 Å². The summed E-state index contributed by atoms with van der Waals surface area (Å²) in [4.78, 5) is 12.4. The van der Waals surface area contributed by atoms with Gasteiger partial charge in [-0.3, -0.25) is 4.79 Å². The van der Waals surface area contributed by atoms with Crippen molar-refractivity contribution in [3.63, 3.8) is 0 Å². The van der Waals surface area contributed by atoms with Crippen LogP contribution < -0.4 is 0 Å². The Morgan fingerprint density at radius 2 is 1.86 bits per heavy atom. The Hall–Kier alpha value is -0.690. The summed E-state index contributed by atoms with van der Waals surface area (Å²) in [6.45, 7) is 2.73. The molecule has 29 heavy (non-hydrogen) atoms. The van der Waals surface area contributed by atoms with Crippen molar-refractivity contribution in [1.29, 1.82) is 0 Å². The number of carboxylic acid groups (broad SMARTS) is 1. The van der Waals surface area contributed by atoms with Crippen LogP contribution in [0.25, 0.3) is 0 Å². The highest BCUT2D eigenvalue weighted by molar-refractivity contribution is 5.76. The van der Waals surface area contributed by atoms with Crippen LogP contribution in [0.15, 0.2) is 0 Å². The van der Waals surface area contributed by atoms with E-state index < -0.39 is 11.4 Å². The molecule has 6 nitrogen and oxygen atoms in total. The van der Waals surface area contributed by atoms with Gasteiger partial charge in [0.15, 0.2) is 0 Å². The number of ether oxygens (including phenoxy) is 3. The van der Waals surface area contributed by atoms with Crippen molar-refractivity contribution in [2.75, 3.05) is 27.6 Å². The lowest BCUT2D eigenvalue weighted by Crippen LogP contribution is -2.59. The maximum absolute atomic E-state index is 12.4. The van der Waals surface area contributed by atoms with Gasteiger partial charge in [0.2, 0.25) is 0 Å². The first-order valence-electron chi connectivity index (χ1n) is 11.4. The summed E-state index contributed by atoms with van der Waals surface area (Å²) >= 11 is 0. The van der Waals surface area contributed by atoms with Gasteiger partial charge in [-0.15, -0.1) is 0 Å². The molecular formula is C23H38O6. The average Bonchev–Trinajstić information content (AvgIpc) is 3.11. The molecule has 0 spiro atoms. The highest BCUT2D eigenvalue weighted by Crippen LogP contribution is 2.67. The van der Waals surface area contributed by atoms with Crippen LogP contribution in [0.4, 0.5) is 0 Å². The van der Waals surface area contributed by atoms with Gasteiger partial charge >= 0.3 is 5.97 Å². The molecule has 9 atom stereocenters. The van der Waals surface area contributed by atoms with Crippen molar-refractivity contribution in [3.8, 4) is 0 Å². The normalized spacial score (nSPS) is 49.2. The van der Waals surface area contributed by atoms with E-state index in [0.717, 1.165) is 44.9 Å². The highest BCUT2D eigenvalue weighted by Gasteiger charge is 2.65. The van der Waals surface area contributed by atoms with Crippen LogP contribution in [0, 0.1) is 40.4 Å². The first-order valence-corrected chi connectivity index (χ1v) is 11.4. The molecule has 0 aromatic heterocycles. The second kappa shape index (κ2) is 8.10. The zero-order valence-corrected chi connectivity index (χ0v) is 18.1. The molecule has 2 N–H and O–H groups in total. The van der Waals surface area contributed by atoms with Crippen molar-refractivity contribution in [2.24, 2.45) is 40.4 Å². The number of hydrogen-bond acceptors (Lipinski definition) is 5. The fourth-order valence-corrected chi connectivity index (χ4v) is 8.28. The number of fused-ring (bicyclic) bond motifs is 5. The zero-order chi connectivity index (χ0) is 20.8. The van der Waals surface area contributed by atoms with Gasteiger partial charge in [0.1, 0.15) is 6.79 Å². The number of aliphatic hydroxyl groups is 1. The molecule has 0 bridgehead atoms. The summed E-state index contributed by atoms with van der Waals surface area (Å²) in [7, 11) is 3.43. The number of aliphatic carboxylic acids is 1. The van der Waals surface area contributed by atoms with Crippen molar-refractivity contribution in [2.45, 2.75) is 70.5 Å². The first-order chi connectivity index (χ1) is 13.9. The van der Waals surface area contributed by atoms with Gasteiger partial charge in [0.05, 0.1) is 17.6 Å². The third-order valence-corrected chi connectivity index (χ3v) is 9.64. The summed E-state index contributed by atoms with van der Waals surface area (Å²) < 4.78 is 17.0. The van der Waals surface area contributed by atoms with Crippen LogP contribution in [0.3, 0.4) is 0 Å². The first kappa shape index (κ1) is 21.5. The summed E-state index contributed by atoms with van der Waals surface area (Å²) in [5, 5.41) is 20.1. The third kappa shape index (κ3) is 3.17. The Kier molecular flexibility index (Phi) is 6.02. The number of rotatable bonds is 6. The van der Waals surface area contributed by atoms with E-state index in [0.29, 0.717) is 31.0 Å². The van der Waals surface area contributed by atoms with Gasteiger partial charge in [-0.25, -0.2) is 0 Å². The Morgan fingerprint density at radius 1 is 1.07 bits per heavy atom. The minimum absolute atomic E-state index is 0.00431. The lowest BCUT2D eigenvalue weighted by atomic mass is 9.44. The summed E-state index contributed by atoms with van der Waals surface area (Å²) in [5.74, 6) is 1.03. The van der Waals surface area contributed by atoms with E-state index in [-0.39, 0.29) is 36.1 Å². The van der Waals surface area contributed by atoms with E-state index in [1.54, 1.807) is 14.2 Å². The molecule has 0 heterocycles. The molecule has 4 rings (SSSR count). The highest BCUT2D eigenvalue weighted by atomic mass is 16.7. The maximum atomic E-state index is 12.4. The van der Waals surface area contributed by atoms with E-state index in [2.05, 4.69) is 6.92 Å². The topological polar surface area (TPSA) is 85.2 Å².